The first kappa shape index (κ1) is 11.9. The summed E-state index contributed by atoms with van der Waals surface area (Å²) in [6.45, 7) is 6.15. The molecule has 1 aliphatic rings. The van der Waals surface area contributed by atoms with Crippen LogP contribution in [-0.2, 0) is 11.3 Å². The molecule has 0 spiro atoms. The summed E-state index contributed by atoms with van der Waals surface area (Å²) in [4.78, 5) is 2.30. The van der Waals surface area contributed by atoms with E-state index in [0.717, 1.165) is 48.4 Å². The van der Waals surface area contributed by atoms with Gasteiger partial charge in [0.05, 0.1) is 13.2 Å². The number of ether oxygens (including phenoxy) is 1. The number of aromatic hydroxyl groups is 1. The first-order valence-corrected chi connectivity index (χ1v) is 6.24. The maximum Gasteiger partial charge on any atom is 0.123 e. The van der Waals surface area contributed by atoms with Crippen LogP contribution in [0.2, 0.25) is 0 Å². The van der Waals surface area contributed by atoms with E-state index < -0.39 is 0 Å². The van der Waals surface area contributed by atoms with Crippen LogP contribution in [0, 0.1) is 6.92 Å². The molecule has 1 aromatic carbocycles. The normalized spacial score (nSPS) is 17.6. The Balaban J connectivity index is 2.13. The van der Waals surface area contributed by atoms with Crippen LogP contribution in [-0.4, -0.2) is 36.3 Å². The Hall–Kier alpha value is -0.580. The second-order valence-electron chi connectivity index (χ2n) is 4.12. The third-order valence-corrected chi connectivity index (χ3v) is 3.30. The molecule has 0 unspecified atom stereocenters. The van der Waals surface area contributed by atoms with E-state index >= 15 is 0 Å². The summed E-state index contributed by atoms with van der Waals surface area (Å²) in [6, 6.07) is 3.91. The van der Waals surface area contributed by atoms with E-state index in [4.69, 9.17) is 4.74 Å². The van der Waals surface area contributed by atoms with E-state index in [-0.39, 0.29) is 0 Å². The molecule has 4 heteroatoms. The Morgan fingerprint density at radius 3 is 2.75 bits per heavy atom. The van der Waals surface area contributed by atoms with Crippen molar-refractivity contribution in [1.82, 2.24) is 4.90 Å². The number of aryl methyl sites for hydroxylation is 1. The number of nitrogens with zero attached hydrogens (tertiary/aromatic N) is 1. The van der Waals surface area contributed by atoms with Gasteiger partial charge < -0.3 is 9.84 Å². The summed E-state index contributed by atoms with van der Waals surface area (Å²) >= 11 is 3.46. The predicted octanol–water partition coefficient (Wildman–Crippen LogP) is 2.30. The lowest BCUT2D eigenvalue weighted by atomic mass is 10.1. The molecule has 3 nitrogen and oxygen atoms in total. The van der Waals surface area contributed by atoms with Crippen LogP contribution in [0.1, 0.15) is 11.1 Å². The highest BCUT2D eigenvalue weighted by Gasteiger charge is 2.14. The summed E-state index contributed by atoms with van der Waals surface area (Å²) in [5.74, 6) is 0.412. The molecule has 0 amide bonds. The lowest BCUT2D eigenvalue weighted by Gasteiger charge is -2.27. The maximum atomic E-state index is 9.97. The van der Waals surface area contributed by atoms with Gasteiger partial charge in [-0.2, -0.15) is 0 Å². The predicted molar refractivity (Wildman–Crippen MR) is 66.6 cm³/mol. The van der Waals surface area contributed by atoms with Gasteiger partial charge in [0, 0.05) is 29.7 Å². The van der Waals surface area contributed by atoms with Gasteiger partial charge in [0.25, 0.3) is 0 Å². The summed E-state index contributed by atoms with van der Waals surface area (Å²) in [5, 5.41) is 9.97. The van der Waals surface area contributed by atoms with E-state index in [1.165, 1.54) is 0 Å². The fourth-order valence-electron chi connectivity index (χ4n) is 1.93. The van der Waals surface area contributed by atoms with E-state index in [9.17, 15) is 5.11 Å². The zero-order chi connectivity index (χ0) is 11.5. The maximum absolute atomic E-state index is 9.97. The molecule has 0 radical (unpaired) electrons. The number of phenolic OH excluding ortho intramolecular Hbond substituents is 1. The third kappa shape index (κ3) is 2.75. The van der Waals surface area contributed by atoms with Crippen molar-refractivity contribution in [2.75, 3.05) is 26.3 Å². The zero-order valence-electron chi connectivity index (χ0n) is 9.37. The molecule has 1 heterocycles. The average molecular weight is 286 g/mol. The monoisotopic (exact) mass is 285 g/mol. The smallest absolute Gasteiger partial charge is 0.123 e. The minimum atomic E-state index is 0.412. The van der Waals surface area contributed by atoms with Crippen LogP contribution < -0.4 is 0 Å². The van der Waals surface area contributed by atoms with Crippen molar-refractivity contribution in [3.05, 3.63) is 27.7 Å². The van der Waals surface area contributed by atoms with Gasteiger partial charge in [0.15, 0.2) is 0 Å². The first-order valence-electron chi connectivity index (χ1n) is 5.45. The van der Waals surface area contributed by atoms with Gasteiger partial charge in [-0.1, -0.05) is 15.9 Å². The fourth-order valence-corrected chi connectivity index (χ4v) is 2.55. The number of phenols is 1. The highest BCUT2D eigenvalue weighted by Crippen LogP contribution is 2.27. The lowest BCUT2D eigenvalue weighted by molar-refractivity contribution is 0.0338. The van der Waals surface area contributed by atoms with Gasteiger partial charge in [-0.05, 0) is 24.6 Å². The third-order valence-electron chi connectivity index (χ3n) is 2.84. The van der Waals surface area contributed by atoms with Gasteiger partial charge in [-0.25, -0.2) is 0 Å². The lowest BCUT2D eigenvalue weighted by Crippen LogP contribution is -2.35. The summed E-state index contributed by atoms with van der Waals surface area (Å²) in [5.41, 5.74) is 1.89. The molecule has 1 aliphatic heterocycles. The Bertz CT molecular complexity index is 376. The van der Waals surface area contributed by atoms with Crippen molar-refractivity contribution < 1.29 is 9.84 Å². The molecule has 0 aliphatic carbocycles. The standard InChI is InChI=1S/C12H16BrNO2/c1-9-6-11(13)7-10(12(9)15)8-14-2-4-16-5-3-14/h6-7,15H,2-5,8H2,1H3. The van der Waals surface area contributed by atoms with Gasteiger partial charge in [-0.3, -0.25) is 4.90 Å². The molecule has 0 atom stereocenters. The Morgan fingerprint density at radius 2 is 2.06 bits per heavy atom. The van der Waals surface area contributed by atoms with Gasteiger partial charge >= 0.3 is 0 Å². The van der Waals surface area contributed by atoms with Crippen LogP contribution in [0.5, 0.6) is 5.75 Å². The number of hydrogen-bond donors (Lipinski definition) is 1. The molecule has 2 rings (SSSR count). The number of rotatable bonds is 2. The SMILES string of the molecule is Cc1cc(Br)cc(CN2CCOCC2)c1O. The van der Waals surface area contributed by atoms with E-state index in [2.05, 4.69) is 20.8 Å². The molecule has 88 valence electrons. The minimum Gasteiger partial charge on any atom is -0.507 e. The van der Waals surface area contributed by atoms with E-state index in [1.807, 2.05) is 19.1 Å². The largest absolute Gasteiger partial charge is 0.507 e. The zero-order valence-corrected chi connectivity index (χ0v) is 11.0. The molecule has 1 fully saturated rings. The van der Waals surface area contributed by atoms with Crippen molar-refractivity contribution in [3.63, 3.8) is 0 Å². The van der Waals surface area contributed by atoms with E-state index in [1.54, 1.807) is 0 Å². The topological polar surface area (TPSA) is 32.7 Å². The molecule has 16 heavy (non-hydrogen) atoms. The van der Waals surface area contributed by atoms with Gasteiger partial charge in [0.1, 0.15) is 5.75 Å². The van der Waals surface area contributed by atoms with Gasteiger partial charge in [0.2, 0.25) is 0 Å². The highest BCUT2D eigenvalue weighted by atomic mass is 79.9. The fraction of sp³-hybridized carbons (Fsp3) is 0.500. The van der Waals surface area contributed by atoms with Crippen LogP contribution in [0.25, 0.3) is 0 Å². The van der Waals surface area contributed by atoms with Crippen LogP contribution >= 0.6 is 15.9 Å². The van der Waals surface area contributed by atoms with Crippen molar-refractivity contribution in [1.29, 1.82) is 0 Å². The van der Waals surface area contributed by atoms with Crippen molar-refractivity contribution in [3.8, 4) is 5.75 Å². The second kappa shape index (κ2) is 5.17. The summed E-state index contributed by atoms with van der Waals surface area (Å²) in [7, 11) is 0. The van der Waals surface area contributed by atoms with Crippen LogP contribution in [0.4, 0.5) is 0 Å². The average Bonchev–Trinajstić information content (AvgIpc) is 2.27. The Labute approximate surface area is 104 Å². The molecule has 0 aromatic heterocycles. The summed E-state index contributed by atoms with van der Waals surface area (Å²) in [6.07, 6.45) is 0. The molecule has 1 aromatic rings. The summed E-state index contributed by atoms with van der Waals surface area (Å²) < 4.78 is 6.32. The van der Waals surface area contributed by atoms with Crippen LogP contribution in [0.3, 0.4) is 0 Å². The van der Waals surface area contributed by atoms with E-state index in [0.29, 0.717) is 5.75 Å². The number of morpholine rings is 1. The van der Waals surface area contributed by atoms with Crippen LogP contribution in [0.15, 0.2) is 16.6 Å². The molecule has 1 N–H and O–H groups in total. The molecular weight excluding hydrogens is 270 g/mol. The number of benzene rings is 1. The Kier molecular flexibility index (Phi) is 3.84. The second-order valence-corrected chi connectivity index (χ2v) is 5.03. The molecule has 0 saturated carbocycles. The van der Waals surface area contributed by atoms with Crippen molar-refractivity contribution in [2.45, 2.75) is 13.5 Å². The number of halogens is 1. The Morgan fingerprint density at radius 1 is 1.38 bits per heavy atom. The minimum absolute atomic E-state index is 0.412. The first-order chi connectivity index (χ1) is 7.66. The quantitative estimate of drug-likeness (QED) is 0.905. The highest BCUT2D eigenvalue weighted by molar-refractivity contribution is 9.10. The molecule has 0 bridgehead atoms. The molecular formula is C12H16BrNO2. The molecule has 1 saturated heterocycles. The van der Waals surface area contributed by atoms with Crippen molar-refractivity contribution >= 4 is 15.9 Å². The van der Waals surface area contributed by atoms with Gasteiger partial charge in [-0.15, -0.1) is 0 Å². The van der Waals surface area contributed by atoms with Crippen molar-refractivity contribution in [2.24, 2.45) is 0 Å². The number of hydrogen-bond acceptors (Lipinski definition) is 3.